The van der Waals surface area contributed by atoms with Gasteiger partial charge in [0.2, 0.25) is 0 Å². The van der Waals surface area contributed by atoms with Crippen molar-refractivity contribution in [3.63, 3.8) is 0 Å². The third-order valence-electron chi connectivity index (χ3n) is 4.87. The molecule has 1 saturated heterocycles. The zero-order valence-electron chi connectivity index (χ0n) is 16.1. The third-order valence-corrected chi connectivity index (χ3v) is 4.87. The van der Waals surface area contributed by atoms with Crippen molar-refractivity contribution in [2.75, 3.05) is 26.8 Å². The van der Waals surface area contributed by atoms with Gasteiger partial charge in [0.25, 0.3) is 5.91 Å². The Labute approximate surface area is 161 Å². The van der Waals surface area contributed by atoms with Crippen molar-refractivity contribution in [1.29, 1.82) is 0 Å². The predicted octanol–water partition coefficient (Wildman–Crippen LogP) is 4.26. The number of ether oxygens (including phenoxy) is 2. The average Bonchev–Trinajstić information content (AvgIpc) is 3.24. The van der Waals surface area contributed by atoms with E-state index in [1.807, 2.05) is 72.5 Å². The van der Waals surface area contributed by atoms with Gasteiger partial charge in [-0.2, -0.15) is 0 Å². The van der Waals surface area contributed by atoms with Crippen molar-refractivity contribution >= 4 is 17.6 Å². The Morgan fingerprint density at radius 2 is 1.93 bits per heavy atom. The molecule has 142 valence electrons. The predicted molar refractivity (Wildman–Crippen MR) is 109 cm³/mol. The molecule has 1 atom stereocenters. The lowest BCUT2D eigenvalue weighted by molar-refractivity contribution is -0.126. The Balaban J connectivity index is 1.96. The van der Waals surface area contributed by atoms with Crippen LogP contribution < -0.4 is 4.74 Å². The highest BCUT2D eigenvalue weighted by Gasteiger charge is 2.24. The first-order valence-corrected chi connectivity index (χ1v) is 9.54. The second kappa shape index (κ2) is 9.38. The number of carbonyl (C=O) groups is 1. The first-order valence-electron chi connectivity index (χ1n) is 9.54. The Kier molecular flexibility index (Phi) is 6.66. The van der Waals surface area contributed by atoms with Crippen LogP contribution in [0.3, 0.4) is 0 Å². The van der Waals surface area contributed by atoms with Gasteiger partial charge < -0.3 is 14.4 Å². The minimum Gasteiger partial charge on any atom is -0.496 e. The number of methoxy groups -OCH3 is 1. The molecule has 0 aromatic heterocycles. The van der Waals surface area contributed by atoms with Gasteiger partial charge >= 0.3 is 0 Å². The van der Waals surface area contributed by atoms with E-state index in [1.54, 1.807) is 7.11 Å². The van der Waals surface area contributed by atoms with Crippen molar-refractivity contribution < 1.29 is 14.3 Å². The summed E-state index contributed by atoms with van der Waals surface area (Å²) in [4.78, 5) is 15.3. The number of likely N-dealkylation sites (N-methyl/N-ethyl adjacent to an activating group) is 1. The van der Waals surface area contributed by atoms with Gasteiger partial charge in [-0.15, -0.1) is 0 Å². The number of rotatable bonds is 7. The Morgan fingerprint density at radius 3 is 2.59 bits per heavy atom. The molecule has 1 fully saturated rings. The lowest BCUT2D eigenvalue weighted by Gasteiger charge is -2.25. The Hall–Kier alpha value is -2.59. The van der Waals surface area contributed by atoms with E-state index in [0.29, 0.717) is 18.7 Å². The van der Waals surface area contributed by atoms with E-state index in [9.17, 15) is 4.79 Å². The van der Waals surface area contributed by atoms with E-state index in [2.05, 4.69) is 0 Å². The molecule has 0 bridgehead atoms. The monoisotopic (exact) mass is 365 g/mol. The fourth-order valence-electron chi connectivity index (χ4n) is 3.39. The van der Waals surface area contributed by atoms with Crippen LogP contribution in [-0.4, -0.2) is 43.7 Å². The fraction of sp³-hybridized carbons (Fsp3) is 0.348. The van der Waals surface area contributed by atoms with E-state index >= 15 is 0 Å². The summed E-state index contributed by atoms with van der Waals surface area (Å²) in [6, 6.07) is 17.6. The Bertz CT molecular complexity index is 779. The van der Waals surface area contributed by atoms with Crippen molar-refractivity contribution in [1.82, 2.24) is 4.90 Å². The quantitative estimate of drug-likeness (QED) is 0.543. The van der Waals surface area contributed by atoms with Crippen LogP contribution in [0.2, 0.25) is 0 Å². The molecule has 1 aliphatic heterocycles. The standard InChI is InChI=1S/C23H27NO3/c1-3-24(17-20-13-9-15-27-20)23(25)21(18-10-5-4-6-11-18)16-19-12-7-8-14-22(19)26-2/h4-8,10-12,14,16,20H,3,9,13,15,17H2,1-2H3/b21-16+. The summed E-state index contributed by atoms with van der Waals surface area (Å²) in [5, 5.41) is 0. The maximum atomic E-state index is 13.4. The summed E-state index contributed by atoms with van der Waals surface area (Å²) >= 11 is 0. The fourth-order valence-corrected chi connectivity index (χ4v) is 3.39. The molecular formula is C23H27NO3. The molecule has 27 heavy (non-hydrogen) atoms. The lowest BCUT2D eigenvalue weighted by atomic mass is 10.0. The molecule has 1 amide bonds. The van der Waals surface area contributed by atoms with Gasteiger partial charge in [-0.05, 0) is 37.5 Å². The number of amides is 1. The minimum absolute atomic E-state index is 0.0186. The van der Waals surface area contributed by atoms with Gasteiger partial charge in [0.1, 0.15) is 5.75 Å². The molecule has 2 aromatic rings. The van der Waals surface area contributed by atoms with Crippen LogP contribution in [0.25, 0.3) is 11.6 Å². The zero-order chi connectivity index (χ0) is 19.1. The van der Waals surface area contributed by atoms with Gasteiger partial charge in [0.15, 0.2) is 0 Å². The topological polar surface area (TPSA) is 38.8 Å². The molecule has 1 heterocycles. The lowest BCUT2D eigenvalue weighted by Crippen LogP contribution is -2.37. The summed E-state index contributed by atoms with van der Waals surface area (Å²) in [6.07, 6.45) is 4.14. The molecular weight excluding hydrogens is 338 g/mol. The molecule has 0 spiro atoms. The molecule has 3 rings (SSSR count). The van der Waals surface area contributed by atoms with Crippen molar-refractivity contribution in [2.24, 2.45) is 0 Å². The molecule has 0 saturated carbocycles. The average molecular weight is 365 g/mol. The maximum absolute atomic E-state index is 13.4. The minimum atomic E-state index is 0.0186. The Morgan fingerprint density at radius 1 is 1.19 bits per heavy atom. The van der Waals surface area contributed by atoms with Gasteiger partial charge in [-0.1, -0.05) is 48.5 Å². The molecule has 0 N–H and O–H groups in total. The van der Waals surface area contributed by atoms with Crippen LogP contribution in [0.15, 0.2) is 54.6 Å². The first-order chi connectivity index (χ1) is 13.2. The third kappa shape index (κ3) is 4.77. The van der Waals surface area contributed by atoms with Gasteiger partial charge in [-0.3, -0.25) is 4.79 Å². The second-order valence-corrected chi connectivity index (χ2v) is 6.64. The molecule has 2 aromatic carbocycles. The van der Waals surface area contributed by atoms with E-state index in [1.165, 1.54) is 0 Å². The van der Waals surface area contributed by atoms with Crippen molar-refractivity contribution in [3.8, 4) is 5.75 Å². The molecule has 1 unspecified atom stereocenters. The van der Waals surface area contributed by atoms with Crippen LogP contribution in [0.5, 0.6) is 5.75 Å². The zero-order valence-corrected chi connectivity index (χ0v) is 16.1. The van der Waals surface area contributed by atoms with Crippen LogP contribution >= 0.6 is 0 Å². The van der Waals surface area contributed by atoms with Crippen LogP contribution in [-0.2, 0) is 9.53 Å². The van der Waals surface area contributed by atoms with Crippen LogP contribution in [0.4, 0.5) is 0 Å². The summed E-state index contributed by atoms with van der Waals surface area (Å²) in [5.74, 6) is 0.769. The molecule has 0 aliphatic carbocycles. The van der Waals surface area contributed by atoms with E-state index in [4.69, 9.17) is 9.47 Å². The largest absolute Gasteiger partial charge is 0.496 e. The number of nitrogens with zero attached hydrogens (tertiary/aromatic N) is 1. The highest BCUT2D eigenvalue weighted by Crippen LogP contribution is 2.26. The molecule has 0 radical (unpaired) electrons. The van der Waals surface area contributed by atoms with Gasteiger partial charge in [-0.25, -0.2) is 0 Å². The summed E-state index contributed by atoms with van der Waals surface area (Å²) in [5.41, 5.74) is 2.46. The summed E-state index contributed by atoms with van der Waals surface area (Å²) in [7, 11) is 1.65. The van der Waals surface area contributed by atoms with Crippen molar-refractivity contribution in [3.05, 3.63) is 65.7 Å². The highest BCUT2D eigenvalue weighted by molar-refractivity contribution is 6.24. The number of carbonyl (C=O) groups excluding carboxylic acids is 1. The van der Waals surface area contributed by atoms with E-state index in [-0.39, 0.29) is 12.0 Å². The highest BCUT2D eigenvalue weighted by atomic mass is 16.5. The van der Waals surface area contributed by atoms with Crippen LogP contribution in [0.1, 0.15) is 30.9 Å². The summed E-state index contributed by atoms with van der Waals surface area (Å²) in [6.45, 7) is 4.08. The van der Waals surface area contributed by atoms with Crippen LogP contribution in [0, 0.1) is 0 Å². The number of hydrogen-bond donors (Lipinski definition) is 0. The second-order valence-electron chi connectivity index (χ2n) is 6.64. The van der Waals surface area contributed by atoms with E-state index < -0.39 is 0 Å². The SMILES string of the molecule is CCN(CC1CCCO1)C(=O)/C(=C/c1ccccc1OC)c1ccccc1. The van der Waals surface area contributed by atoms with E-state index in [0.717, 1.165) is 36.3 Å². The first kappa shape index (κ1) is 19.2. The summed E-state index contributed by atoms with van der Waals surface area (Å²) < 4.78 is 11.2. The maximum Gasteiger partial charge on any atom is 0.254 e. The normalized spacial score (nSPS) is 17.0. The van der Waals surface area contributed by atoms with Gasteiger partial charge in [0, 0.05) is 30.8 Å². The number of para-hydroxylation sites is 1. The number of benzene rings is 2. The van der Waals surface area contributed by atoms with Gasteiger partial charge in [0.05, 0.1) is 13.2 Å². The molecule has 4 nitrogen and oxygen atoms in total. The van der Waals surface area contributed by atoms with Crippen molar-refractivity contribution in [2.45, 2.75) is 25.9 Å². The molecule has 1 aliphatic rings. The smallest absolute Gasteiger partial charge is 0.254 e. The molecule has 4 heteroatoms. The number of hydrogen-bond acceptors (Lipinski definition) is 3.